The van der Waals surface area contributed by atoms with Gasteiger partial charge in [0.1, 0.15) is 17.6 Å². The van der Waals surface area contributed by atoms with Gasteiger partial charge >= 0.3 is 17.9 Å². The quantitative estimate of drug-likeness (QED) is 0.405. The predicted octanol–water partition coefficient (Wildman–Crippen LogP) is 1.59. The van der Waals surface area contributed by atoms with Crippen LogP contribution in [0.1, 0.15) is 35.7 Å². The van der Waals surface area contributed by atoms with E-state index in [2.05, 4.69) is 0 Å². The molecule has 2 aromatic rings. The highest BCUT2D eigenvalue weighted by molar-refractivity contribution is 6.38. The lowest BCUT2D eigenvalue weighted by Gasteiger charge is -2.23. The van der Waals surface area contributed by atoms with E-state index in [1.54, 1.807) is 4.90 Å². The number of nitrogens with two attached hydrogens (primary N) is 1. The molecule has 1 aromatic carbocycles. The van der Waals surface area contributed by atoms with E-state index in [0.717, 1.165) is 25.1 Å². The molecule has 0 radical (unpaired) electrons. The Labute approximate surface area is 212 Å². The Morgan fingerprint density at radius 2 is 1.73 bits per heavy atom. The Morgan fingerprint density at radius 3 is 2.16 bits per heavy atom. The van der Waals surface area contributed by atoms with E-state index in [0.29, 0.717) is 25.2 Å². The number of anilines is 1. The van der Waals surface area contributed by atoms with Crippen LogP contribution in [0.2, 0.25) is 5.02 Å². The molecule has 11 nitrogen and oxygen atoms in total. The van der Waals surface area contributed by atoms with E-state index >= 15 is 4.39 Å². The van der Waals surface area contributed by atoms with Gasteiger partial charge in [-0.2, -0.15) is 0 Å². The van der Waals surface area contributed by atoms with E-state index in [9.17, 15) is 28.7 Å². The lowest BCUT2D eigenvalue weighted by atomic mass is 10.0. The van der Waals surface area contributed by atoms with Crippen LogP contribution in [0.15, 0.2) is 29.2 Å². The van der Waals surface area contributed by atoms with Crippen LogP contribution >= 0.6 is 11.6 Å². The molecule has 3 atom stereocenters. The molecule has 1 aromatic heterocycles. The van der Waals surface area contributed by atoms with Gasteiger partial charge < -0.3 is 36.0 Å². The van der Waals surface area contributed by atoms with Gasteiger partial charge in [-0.25, -0.2) is 23.2 Å². The normalized spacial score (nSPS) is 22.9. The Hall–Kier alpha value is -3.55. The SMILES string of the molecule is N[C@@H]1CN(c2c(F)cc3c(=O)c(C(=O)O)cn([C@@H]4C[C@@H]4F)c3c2Cl)CC12CC2.O.O=C(O)/C=C/C(=O)O. The lowest BCUT2D eigenvalue weighted by molar-refractivity contribution is -0.134. The van der Waals surface area contributed by atoms with E-state index < -0.39 is 46.9 Å². The van der Waals surface area contributed by atoms with E-state index in [1.165, 1.54) is 4.57 Å². The largest absolute Gasteiger partial charge is 0.478 e. The maximum absolute atomic E-state index is 15.0. The number of carbonyl (C=O) groups is 3. The number of hydrogen-bond donors (Lipinski definition) is 4. The van der Waals surface area contributed by atoms with Crippen molar-refractivity contribution >= 4 is 46.1 Å². The Morgan fingerprint density at radius 1 is 1.16 bits per heavy atom. The third-order valence-corrected chi connectivity index (χ3v) is 7.10. The minimum absolute atomic E-state index is 0. The van der Waals surface area contributed by atoms with Crippen LogP contribution in [0.25, 0.3) is 10.9 Å². The maximum atomic E-state index is 15.0. The second-order valence-electron chi connectivity index (χ2n) is 9.18. The first-order valence-electron chi connectivity index (χ1n) is 10.9. The highest BCUT2D eigenvalue weighted by Crippen LogP contribution is 2.54. The molecule has 1 saturated heterocycles. The van der Waals surface area contributed by atoms with Crippen molar-refractivity contribution in [2.75, 3.05) is 18.0 Å². The number of aromatic carboxylic acids is 1. The minimum Gasteiger partial charge on any atom is -0.478 e. The van der Waals surface area contributed by atoms with Gasteiger partial charge in [0.15, 0.2) is 0 Å². The zero-order chi connectivity index (χ0) is 26.5. The number of carboxylic acid groups (broad SMARTS) is 3. The molecule has 37 heavy (non-hydrogen) atoms. The molecule has 0 unspecified atom stereocenters. The number of pyridine rings is 1. The van der Waals surface area contributed by atoms with Gasteiger partial charge in [-0.1, -0.05) is 11.6 Å². The monoisotopic (exact) mass is 543 g/mol. The van der Waals surface area contributed by atoms with Gasteiger partial charge in [0, 0.05) is 49.3 Å². The van der Waals surface area contributed by atoms with Crippen molar-refractivity contribution < 1.29 is 44.0 Å². The highest BCUT2D eigenvalue weighted by Gasteiger charge is 2.54. The Kier molecular flexibility index (Phi) is 7.63. The number of halogens is 3. The summed E-state index contributed by atoms with van der Waals surface area (Å²) in [7, 11) is 0. The number of aliphatic carboxylic acids is 2. The van der Waals surface area contributed by atoms with Crippen molar-refractivity contribution in [3.8, 4) is 0 Å². The summed E-state index contributed by atoms with van der Waals surface area (Å²) in [6.45, 7) is 1.01. The van der Waals surface area contributed by atoms with E-state index in [4.69, 9.17) is 27.5 Å². The summed E-state index contributed by atoms with van der Waals surface area (Å²) < 4.78 is 30.2. The standard InChI is InChI=1S/C19H18ClF2N3O3.C4H4O4.H2O/c20-14-15-8(17(26)9(18(27)28)5-25(15)12-4-10(12)21)3-11(22)16(14)24-6-13(23)19(7-24)1-2-19;5-3(6)1-2-4(7)8;/h3,5,10,12-13H,1-2,4,6-7,23H2,(H,27,28);1-2H,(H,5,6)(H,7,8);1H2/b;2-1+;/t10-,12+,13+;;/m0../s1. The molecule has 0 bridgehead atoms. The molecule has 200 valence electrons. The third-order valence-electron chi connectivity index (χ3n) is 6.74. The average Bonchev–Trinajstić information content (AvgIpc) is 3.69. The summed E-state index contributed by atoms with van der Waals surface area (Å²) in [4.78, 5) is 44.9. The fourth-order valence-corrected chi connectivity index (χ4v) is 4.98. The first-order valence-corrected chi connectivity index (χ1v) is 11.3. The third kappa shape index (κ3) is 5.29. The average molecular weight is 544 g/mol. The summed E-state index contributed by atoms with van der Waals surface area (Å²) in [5.74, 6) is -4.67. The van der Waals surface area contributed by atoms with Gasteiger partial charge in [-0.3, -0.25) is 4.79 Å². The number of carboxylic acids is 3. The van der Waals surface area contributed by atoms with E-state index in [1.807, 2.05) is 0 Å². The first-order chi connectivity index (χ1) is 16.9. The molecular formula is C23H24ClF2N3O8. The molecule has 14 heteroatoms. The number of aromatic nitrogens is 1. The topological polar surface area (TPSA) is 195 Å². The van der Waals surface area contributed by atoms with Crippen molar-refractivity contribution in [2.24, 2.45) is 11.1 Å². The second kappa shape index (κ2) is 10.1. The van der Waals surface area contributed by atoms with Gasteiger partial charge in [0.2, 0.25) is 5.43 Å². The number of hydrogen-bond acceptors (Lipinski definition) is 6. The smallest absolute Gasteiger partial charge is 0.341 e. The molecule has 3 fully saturated rings. The van der Waals surface area contributed by atoms with Gasteiger partial charge in [0.25, 0.3) is 0 Å². The lowest BCUT2D eigenvalue weighted by Crippen LogP contribution is -2.30. The van der Waals surface area contributed by atoms with Crippen LogP contribution < -0.4 is 16.1 Å². The zero-order valence-electron chi connectivity index (χ0n) is 19.2. The highest BCUT2D eigenvalue weighted by atomic mass is 35.5. The molecular weight excluding hydrogens is 520 g/mol. The summed E-state index contributed by atoms with van der Waals surface area (Å²) in [6, 6.07) is 0.308. The molecule has 2 heterocycles. The molecule has 7 N–H and O–H groups in total. The fraction of sp³-hybridized carbons (Fsp3) is 0.391. The molecule has 3 aliphatic rings. The molecule has 2 aliphatic carbocycles. The summed E-state index contributed by atoms with van der Waals surface area (Å²) >= 11 is 6.56. The van der Waals surface area contributed by atoms with Crippen LogP contribution in [-0.4, -0.2) is 68.6 Å². The predicted molar refractivity (Wildman–Crippen MR) is 129 cm³/mol. The van der Waals surface area contributed by atoms with Gasteiger partial charge in [0.05, 0.1) is 27.7 Å². The van der Waals surface area contributed by atoms with Crippen molar-refractivity contribution in [1.82, 2.24) is 4.57 Å². The maximum Gasteiger partial charge on any atom is 0.341 e. The number of alkyl halides is 1. The number of rotatable bonds is 5. The van der Waals surface area contributed by atoms with Crippen LogP contribution in [0.3, 0.4) is 0 Å². The summed E-state index contributed by atoms with van der Waals surface area (Å²) in [5.41, 5.74) is 5.15. The Balaban J connectivity index is 0.000000370. The number of fused-ring (bicyclic) bond motifs is 1. The summed E-state index contributed by atoms with van der Waals surface area (Å²) in [5, 5.41) is 24.8. The molecule has 0 amide bonds. The molecule has 5 rings (SSSR count). The van der Waals surface area contributed by atoms with Crippen LogP contribution in [-0.2, 0) is 9.59 Å². The number of nitrogens with zero attached hydrogens (tertiary/aromatic N) is 2. The fourth-order valence-electron chi connectivity index (χ4n) is 4.57. The van der Waals surface area contributed by atoms with Crippen LogP contribution in [0, 0.1) is 11.2 Å². The minimum atomic E-state index is -1.45. The van der Waals surface area contributed by atoms with Crippen LogP contribution in [0.4, 0.5) is 14.5 Å². The van der Waals surface area contributed by atoms with Crippen molar-refractivity contribution in [1.29, 1.82) is 0 Å². The van der Waals surface area contributed by atoms with Crippen molar-refractivity contribution in [3.63, 3.8) is 0 Å². The molecule has 2 saturated carbocycles. The van der Waals surface area contributed by atoms with Crippen molar-refractivity contribution in [3.05, 3.63) is 51.0 Å². The van der Waals surface area contributed by atoms with E-state index in [-0.39, 0.29) is 45.0 Å². The zero-order valence-corrected chi connectivity index (χ0v) is 19.9. The van der Waals surface area contributed by atoms with Gasteiger partial charge in [-0.05, 0) is 18.9 Å². The van der Waals surface area contributed by atoms with Crippen molar-refractivity contribution in [2.45, 2.75) is 37.5 Å². The molecule has 1 aliphatic heterocycles. The number of benzene rings is 1. The van der Waals surface area contributed by atoms with Gasteiger partial charge in [-0.15, -0.1) is 0 Å². The summed E-state index contributed by atoms with van der Waals surface area (Å²) in [6.07, 6.45) is 3.23. The Bertz CT molecular complexity index is 1360. The second-order valence-corrected chi connectivity index (χ2v) is 9.56. The first kappa shape index (κ1) is 28.0. The van der Waals surface area contributed by atoms with Crippen LogP contribution in [0.5, 0.6) is 0 Å². The molecule has 1 spiro atoms.